The molecule has 1 saturated heterocycles. The first-order valence-corrected chi connectivity index (χ1v) is 8.35. The molecule has 1 aliphatic carbocycles. The lowest BCUT2D eigenvalue weighted by molar-refractivity contribution is -0.135. The van der Waals surface area contributed by atoms with Crippen molar-refractivity contribution in [2.75, 3.05) is 18.4 Å². The van der Waals surface area contributed by atoms with Crippen LogP contribution in [-0.2, 0) is 9.59 Å². The van der Waals surface area contributed by atoms with Crippen LogP contribution in [0.1, 0.15) is 25.7 Å². The van der Waals surface area contributed by atoms with Crippen LogP contribution in [0.5, 0.6) is 0 Å². The second-order valence-corrected chi connectivity index (χ2v) is 6.85. The minimum atomic E-state index is -0.188. The molecule has 1 N–H and O–H groups in total. The van der Waals surface area contributed by atoms with Crippen molar-refractivity contribution in [3.05, 3.63) is 28.2 Å². The maximum Gasteiger partial charge on any atom is 0.229 e. The molecule has 3 rings (SSSR count). The molecule has 0 bridgehead atoms. The summed E-state index contributed by atoms with van der Waals surface area (Å²) in [5.74, 6) is 0.117. The monoisotopic (exact) mass is 340 g/mol. The van der Waals surface area contributed by atoms with Crippen LogP contribution in [0.4, 0.5) is 5.69 Å². The zero-order valence-corrected chi connectivity index (χ0v) is 13.7. The lowest BCUT2D eigenvalue weighted by Crippen LogP contribution is -2.44. The van der Waals surface area contributed by atoms with Gasteiger partial charge in [-0.1, -0.05) is 23.2 Å². The summed E-state index contributed by atoms with van der Waals surface area (Å²) >= 11 is 12.0. The third-order valence-corrected chi connectivity index (χ3v) is 4.78. The summed E-state index contributed by atoms with van der Waals surface area (Å²) in [6.45, 7) is 1.26. The molecule has 1 unspecified atom stereocenters. The van der Waals surface area contributed by atoms with Gasteiger partial charge in [-0.15, -0.1) is 0 Å². The maximum absolute atomic E-state index is 12.4. The Bertz CT molecular complexity index is 602. The highest BCUT2D eigenvalue weighted by atomic mass is 35.5. The number of piperidine rings is 1. The second kappa shape index (κ2) is 6.47. The number of likely N-dealkylation sites (tertiary alicyclic amines) is 1. The van der Waals surface area contributed by atoms with Crippen molar-refractivity contribution < 1.29 is 9.59 Å². The van der Waals surface area contributed by atoms with Gasteiger partial charge in [0.05, 0.1) is 16.6 Å². The van der Waals surface area contributed by atoms with Gasteiger partial charge in [0.25, 0.3) is 0 Å². The highest BCUT2D eigenvalue weighted by Gasteiger charge is 2.36. The van der Waals surface area contributed by atoms with Crippen molar-refractivity contribution in [1.82, 2.24) is 4.90 Å². The zero-order chi connectivity index (χ0) is 15.7. The van der Waals surface area contributed by atoms with E-state index in [0.717, 1.165) is 32.2 Å². The lowest BCUT2D eigenvalue weighted by atomic mass is 9.96. The Hall–Kier alpha value is -1.26. The SMILES string of the molecule is O=C(Nc1cc(Cl)ccc1Cl)C1CCCN(C(=O)C2CC2)C1. The molecule has 1 heterocycles. The molecular weight excluding hydrogens is 323 g/mol. The van der Waals surface area contributed by atoms with Crippen molar-refractivity contribution >= 4 is 40.7 Å². The van der Waals surface area contributed by atoms with E-state index < -0.39 is 0 Å². The molecule has 22 heavy (non-hydrogen) atoms. The number of carbonyl (C=O) groups excluding carboxylic acids is 2. The Morgan fingerprint density at radius 1 is 1.14 bits per heavy atom. The number of rotatable bonds is 3. The van der Waals surface area contributed by atoms with Crippen LogP contribution in [-0.4, -0.2) is 29.8 Å². The molecule has 1 aliphatic heterocycles. The number of halogens is 2. The molecule has 2 aliphatic rings. The minimum Gasteiger partial charge on any atom is -0.342 e. The number of hydrogen-bond acceptors (Lipinski definition) is 2. The van der Waals surface area contributed by atoms with Crippen molar-refractivity contribution in [3.63, 3.8) is 0 Å². The summed E-state index contributed by atoms with van der Waals surface area (Å²) in [6, 6.07) is 4.97. The van der Waals surface area contributed by atoms with Crippen LogP contribution in [0.25, 0.3) is 0 Å². The van der Waals surface area contributed by atoms with Gasteiger partial charge in [0.1, 0.15) is 0 Å². The second-order valence-electron chi connectivity index (χ2n) is 6.01. The predicted molar refractivity (Wildman–Crippen MR) is 87.1 cm³/mol. The fraction of sp³-hybridized carbons (Fsp3) is 0.500. The average Bonchev–Trinajstić information content (AvgIpc) is 3.35. The van der Waals surface area contributed by atoms with Crippen LogP contribution in [0.15, 0.2) is 18.2 Å². The number of carbonyl (C=O) groups is 2. The third-order valence-electron chi connectivity index (χ3n) is 4.22. The first-order chi connectivity index (χ1) is 10.5. The molecule has 1 aromatic rings. The van der Waals surface area contributed by atoms with Crippen molar-refractivity contribution in [2.45, 2.75) is 25.7 Å². The average molecular weight is 341 g/mol. The van der Waals surface area contributed by atoms with Crippen LogP contribution >= 0.6 is 23.2 Å². The number of anilines is 1. The molecule has 0 aromatic heterocycles. The van der Waals surface area contributed by atoms with Crippen LogP contribution < -0.4 is 5.32 Å². The normalized spacial score (nSPS) is 21.5. The Morgan fingerprint density at radius 2 is 1.91 bits per heavy atom. The molecule has 1 atom stereocenters. The topological polar surface area (TPSA) is 49.4 Å². The summed E-state index contributed by atoms with van der Waals surface area (Å²) in [7, 11) is 0. The fourth-order valence-electron chi connectivity index (χ4n) is 2.81. The smallest absolute Gasteiger partial charge is 0.229 e. The van der Waals surface area contributed by atoms with Gasteiger partial charge in [-0.2, -0.15) is 0 Å². The highest BCUT2D eigenvalue weighted by Crippen LogP contribution is 2.33. The number of nitrogens with zero attached hydrogens (tertiary/aromatic N) is 1. The van der Waals surface area contributed by atoms with E-state index >= 15 is 0 Å². The molecule has 118 valence electrons. The number of hydrogen-bond donors (Lipinski definition) is 1. The summed E-state index contributed by atoms with van der Waals surface area (Å²) in [4.78, 5) is 26.4. The van der Waals surface area contributed by atoms with Gasteiger partial charge in [-0.3, -0.25) is 9.59 Å². The Balaban J connectivity index is 1.64. The lowest BCUT2D eigenvalue weighted by Gasteiger charge is -2.32. The number of amides is 2. The summed E-state index contributed by atoms with van der Waals surface area (Å²) in [5.41, 5.74) is 0.518. The van der Waals surface area contributed by atoms with Gasteiger partial charge in [-0.05, 0) is 43.9 Å². The van der Waals surface area contributed by atoms with Gasteiger partial charge in [0.15, 0.2) is 0 Å². The van der Waals surface area contributed by atoms with E-state index in [9.17, 15) is 9.59 Å². The van der Waals surface area contributed by atoms with Crippen LogP contribution in [0.2, 0.25) is 10.0 Å². The highest BCUT2D eigenvalue weighted by molar-refractivity contribution is 6.35. The first-order valence-electron chi connectivity index (χ1n) is 7.59. The Labute approximate surface area is 139 Å². The number of benzene rings is 1. The van der Waals surface area contributed by atoms with E-state index in [-0.39, 0.29) is 23.7 Å². The van der Waals surface area contributed by atoms with Gasteiger partial charge >= 0.3 is 0 Å². The Morgan fingerprint density at radius 3 is 2.64 bits per heavy atom. The van der Waals surface area contributed by atoms with Gasteiger partial charge < -0.3 is 10.2 Å². The van der Waals surface area contributed by atoms with Crippen LogP contribution in [0, 0.1) is 11.8 Å². The first kappa shape index (κ1) is 15.6. The quantitative estimate of drug-likeness (QED) is 0.914. The van der Waals surface area contributed by atoms with E-state index in [1.807, 2.05) is 4.90 Å². The molecular formula is C16H18Cl2N2O2. The van der Waals surface area contributed by atoms with Crippen molar-refractivity contribution in [3.8, 4) is 0 Å². The fourth-order valence-corrected chi connectivity index (χ4v) is 3.14. The van der Waals surface area contributed by atoms with Crippen molar-refractivity contribution in [1.29, 1.82) is 0 Å². The molecule has 4 nitrogen and oxygen atoms in total. The standard InChI is InChI=1S/C16H18Cl2N2O2/c17-12-5-6-13(18)14(8-12)19-15(21)11-2-1-7-20(9-11)16(22)10-3-4-10/h5-6,8,10-11H,1-4,7,9H2,(H,19,21). The van der Waals surface area contributed by atoms with Crippen molar-refractivity contribution in [2.24, 2.45) is 11.8 Å². The molecule has 6 heteroatoms. The molecule has 1 saturated carbocycles. The van der Waals surface area contributed by atoms with Crippen LogP contribution in [0.3, 0.4) is 0 Å². The largest absolute Gasteiger partial charge is 0.342 e. The summed E-state index contributed by atoms with van der Waals surface area (Å²) in [5, 5.41) is 3.81. The number of nitrogens with one attached hydrogen (secondary N) is 1. The predicted octanol–water partition coefficient (Wildman–Crippen LogP) is 3.58. The molecule has 2 amide bonds. The summed E-state index contributed by atoms with van der Waals surface area (Å²) in [6.07, 6.45) is 3.63. The van der Waals surface area contributed by atoms with Gasteiger partial charge in [0.2, 0.25) is 11.8 Å². The molecule has 1 aromatic carbocycles. The van der Waals surface area contributed by atoms with E-state index in [1.54, 1.807) is 18.2 Å². The van der Waals surface area contributed by atoms with E-state index in [0.29, 0.717) is 22.3 Å². The maximum atomic E-state index is 12.4. The van der Waals surface area contributed by atoms with Gasteiger partial charge in [-0.25, -0.2) is 0 Å². The van der Waals surface area contributed by atoms with E-state index in [4.69, 9.17) is 23.2 Å². The van der Waals surface area contributed by atoms with Gasteiger partial charge in [0, 0.05) is 24.0 Å². The van der Waals surface area contributed by atoms with E-state index in [2.05, 4.69) is 5.32 Å². The zero-order valence-electron chi connectivity index (χ0n) is 12.1. The third kappa shape index (κ3) is 3.55. The molecule has 2 fully saturated rings. The molecule has 0 spiro atoms. The summed E-state index contributed by atoms with van der Waals surface area (Å²) < 4.78 is 0. The van der Waals surface area contributed by atoms with E-state index in [1.165, 1.54) is 0 Å². The molecule has 0 radical (unpaired) electrons. The minimum absolute atomic E-state index is 0.0996. The Kier molecular flexibility index (Phi) is 4.59.